The molecule has 6 nitrogen and oxygen atoms in total. The van der Waals surface area contributed by atoms with Crippen molar-refractivity contribution in [2.24, 2.45) is 7.05 Å². The van der Waals surface area contributed by atoms with Crippen LogP contribution in [-0.4, -0.2) is 44.8 Å². The van der Waals surface area contributed by atoms with Crippen LogP contribution in [0.5, 0.6) is 0 Å². The van der Waals surface area contributed by atoms with Crippen LogP contribution in [0.2, 0.25) is 0 Å². The molecule has 1 atom stereocenters. The van der Waals surface area contributed by atoms with Crippen LogP contribution in [0.15, 0.2) is 9.95 Å². The average molecular weight is 232 g/mol. The molecule has 0 fully saturated rings. The number of H-pyrrole nitrogens is 1. The second-order valence-corrected chi connectivity index (χ2v) is 4.13. The minimum atomic E-state index is -0.429. The van der Waals surface area contributed by atoms with E-state index in [9.17, 15) is 9.90 Å². The van der Waals surface area contributed by atoms with Crippen molar-refractivity contribution < 1.29 is 5.11 Å². The van der Waals surface area contributed by atoms with E-state index in [0.29, 0.717) is 17.5 Å². The van der Waals surface area contributed by atoms with Crippen molar-refractivity contribution in [3.63, 3.8) is 0 Å². The van der Waals surface area contributed by atoms with Crippen molar-refractivity contribution in [2.75, 3.05) is 18.8 Å². The Kier molecular flexibility index (Phi) is 4.86. The quantitative estimate of drug-likeness (QED) is 0.558. The first kappa shape index (κ1) is 12.3. The molecule has 3 N–H and O–H groups in total. The summed E-state index contributed by atoms with van der Waals surface area (Å²) in [6.45, 7) is 3.38. The number of thioether (sulfide) groups is 1. The van der Waals surface area contributed by atoms with E-state index in [1.807, 2.05) is 6.92 Å². The average Bonchev–Trinajstić information content (AvgIpc) is 2.54. The lowest BCUT2D eigenvalue weighted by Crippen LogP contribution is -2.28. The predicted octanol–water partition coefficient (Wildman–Crippen LogP) is -0.829. The van der Waals surface area contributed by atoms with Gasteiger partial charge in [-0.1, -0.05) is 18.7 Å². The first-order chi connectivity index (χ1) is 7.15. The van der Waals surface area contributed by atoms with E-state index < -0.39 is 6.10 Å². The fourth-order valence-electron chi connectivity index (χ4n) is 1.00. The SMILES string of the molecule is CCNCC(O)CSc1n[nH]c(=O)n1C. The number of rotatable bonds is 6. The largest absolute Gasteiger partial charge is 0.391 e. The molecule has 0 aromatic carbocycles. The summed E-state index contributed by atoms with van der Waals surface area (Å²) >= 11 is 1.36. The number of aliphatic hydroxyl groups is 1. The van der Waals surface area contributed by atoms with Crippen molar-refractivity contribution in [1.82, 2.24) is 20.1 Å². The lowest BCUT2D eigenvalue weighted by atomic mass is 10.4. The third kappa shape index (κ3) is 3.69. The highest BCUT2D eigenvalue weighted by Gasteiger charge is 2.08. The first-order valence-corrected chi connectivity index (χ1v) is 5.76. The normalized spacial score (nSPS) is 13.0. The topological polar surface area (TPSA) is 82.9 Å². The molecule has 15 heavy (non-hydrogen) atoms. The Morgan fingerprint density at radius 1 is 1.73 bits per heavy atom. The molecule has 0 aliphatic heterocycles. The van der Waals surface area contributed by atoms with Crippen LogP contribution in [0.25, 0.3) is 0 Å². The number of aliphatic hydroxyl groups excluding tert-OH is 1. The highest BCUT2D eigenvalue weighted by Crippen LogP contribution is 2.12. The molecule has 86 valence electrons. The summed E-state index contributed by atoms with van der Waals surface area (Å²) in [5, 5.41) is 19.3. The van der Waals surface area contributed by atoms with Gasteiger partial charge in [-0.05, 0) is 6.54 Å². The Labute approximate surface area is 92.1 Å². The molecule has 7 heteroatoms. The van der Waals surface area contributed by atoms with Gasteiger partial charge in [-0.25, -0.2) is 9.89 Å². The molecule has 1 rings (SSSR count). The molecular weight excluding hydrogens is 216 g/mol. The molecule has 1 aromatic rings. The minimum absolute atomic E-state index is 0.237. The second-order valence-electron chi connectivity index (χ2n) is 3.14. The number of nitrogens with zero attached hydrogens (tertiary/aromatic N) is 2. The van der Waals surface area contributed by atoms with Crippen LogP contribution in [0, 0.1) is 0 Å². The summed E-state index contributed by atoms with van der Waals surface area (Å²) < 4.78 is 1.42. The molecule has 1 heterocycles. The van der Waals surface area contributed by atoms with E-state index in [1.165, 1.54) is 16.3 Å². The van der Waals surface area contributed by atoms with E-state index in [1.54, 1.807) is 7.05 Å². The van der Waals surface area contributed by atoms with E-state index >= 15 is 0 Å². The van der Waals surface area contributed by atoms with E-state index in [2.05, 4.69) is 15.5 Å². The van der Waals surface area contributed by atoms with Crippen LogP contribution >= 0.6 is 11.8 Å². The van der Waals surface area contributed by atoms with Gasteiger partial charge in [-0.15, -0.1) is 5.10 Å². The second kappa shape index (κ2) is 5.94. The van der Waals surface area contributed by atoms with Gasteiger partial charge >= 0.3 is 5.69 Å². The maximum atomic E-state index is 11.0. The van der Waals surface area contributed by atoms with Gasteiger partial charge < -0.3 is 10.4 Å². The number of hydrogen-bond donors (Lipinski definition) is 3. The zero-order chi connectivity index (χ0) is 11.3. The summed E-state index contributed by atoms with van der Waals surface area (Å²) in [5.41, 5.74) is -0.237. The molecular formula is C8H16N4O2S. The minimum Gasteiger partial charge on any atom is -0.391 e. The standard InChI is InChI=1S/C8H16N4O2S/c1-3-9-4-6(13)5-15-8-11-10-7(14)12(8)2/h6,9,13H,3-5H2,1-2H3,(H,10,14). The van der Waals surface area contributed by atoms with Gasteiger partial charge in [-0.3, -0.25) is 4.57 Å². The zero-order valence-electron chi connectivity index (χ0n) is 8.86. The van der Waals surface area contributed by atoms with Gasteiger partial charge in [0.25, 0.3) is 0 Å². The van der Waals surface area contributed by atoms with Crippen LogP contribution in [0.3, 0.4) is 0 Å². The molecule has 0 saturated heterocycles. The summed E-state index contributed by atoms with van der Waals surface area (Å²) in [4.78, 5) is 11.0. The van der Waals surface area contributed by atoms with Crippen molar-refractivity contribution in [3.8, 4) is 0 Å². The fraction of sp³-hybridized carbons (Fsp3) is 0.750. The smallest absolute Gasteiger partial charge is 0.343 e. The van der Waals surface area contributed by atoms with Crippen LogP contribution in [0.1, 0.15) is 6.92 Å². The Balaban J connectivity index is 2.37. The number of nitrogens with one attached hydrogen (secondary N) is 2. The molecule has 1 aromatic heterocycles. The van der Waals surface area contributed by atoms with Crippen molar-refractivity contribution in [2.45, 2.75) is 18.2 Å². The summed E-state index contributed by atoms with van der Waals surface area (Å²) in [5.74, 6) is 0.519. The maximum absolute atomic E-state index is 11.0. The number of aromatic nitrogens is 3. The molecule has 0 spiro atoms. The molecule has 1 unspecified atom stereocenters. The van der Waals surface area contributed by atoms with E-state index in [4.69, 9.17) is 0 Å². The molecule has 0 aliphatic rings. The molecule has 0 saturated carbocycles. The Morgan fingerprint density at radius 3 is 3.00 bits per heavy atom. The number of aromatic amines is 1. The number of hydrogen-bond acceptors (Lipinski definition) is 5. The van der Waals surface area contributed by atoms with E-state index in [-0.39, 0.29) is 5.69 Å². The summed E-state index contributed by atoms with van der Waals surface area (Å²) in [7, 11) is 1.64. The molecule has 0 bridgehead atoms. The Hall–Kier alpha value is -0.790. The third-order valence-electron chi connectivity index (χ3n) is 1.87. The van der Waals surface area contributed by atoms with Gasteiger partial charge in [0.05, 0.1) is 6.10 Å². The Bertz CT molecular complexity index is 349. The van der Waals surface area contributed by atoms with Crippen LogP contribution in [-0.2, 0) is 7.05 Å². The van der Waals surface area contributed by atoms with Crippen LogP contribution < -0.4 is 11.0 Å². The molecule has 0 amide bonds. The van der Waals surface area contributed by atoms with Crippen molar-refractivity contribution in [3.05, 3.63) is 10.5 Å². The van der Waals surface area contributed by atoms with Gasteiger partial charge in [0, 0.05) is 19.3 Å². The molecule has 0 radical (unpaired) electrons. The first-order valence-electron chi connectivity index (χ1n) is 4.78. The summed E-state index contributed by atoms with van der Waals surface area (Å²) in [6.07, 6.45) is -0.429. The Morgan fingerprint density at radius 2 is 2.47 bits per heavy atom. The lowest BCUT2D eigenvalue weighted by molar-refractivity contribution is 0.196. The van der Waals surface area contributed by atoms with Crippen molar-refractivity contribution in [1.29, 1.82) is 0 Å². The van der Waals surface area contributed by atoms with Crippen molar-refractivity contribution >= 4 is 11.8 Å². The van der Waals surface area contributed by atoms with Gasteiger partial charge in [-0.2, -0.15) is 0 Å². The van der Waals surface area contributed by atoms with Gasteiger partial charge in [0.1, 0.15) is 0 Å². The predicted molar refractivity (Wildman–Crippen MR) is 59.1 cm³/mol. The fourth-order valence-corrected chi connectivity index (χ4v) is 1.85. The highest BCUT2D eigenvalue weighted by atomic mass is 32.2. The van der Waals surface area contributed by atoms with E-state index in [0.717, 1.165) is 6.54 Å². The maximum Gasteiger partial charge on any atom is 0.343 e. The zero-order valence-corrected chi connectivity index (χ0v) is 9.67. The van der Waals surface area contributed by atoms with Crippen LogP contribution in [0.4, 0.5) is 0 Å². The number of likely N-dealkylation sites (N-methyl/N-ethyl adjacent to an activating group) is 1. The van der Waals surface area contributed by atoms with Gasteiger partial charge in [0.2, 0.25) is 0 Å². The molecule has 0 aliphatic carbocycles. The highest BCUT2D eigenvalue weighted by molar-refractivity contribution is 7.99. The monoisotopic (exact) mass is 232 g/mol. The lowest BCUT2D eigenvalue weighted by Gasteiger charge is -2.09. The summed E-state index contributed by atoms with van der Waals surface area (Å²) in [6, 6.07) is 0. The third-order valence-corrected chi connectivity index (χ3v) is 3.05. The van der Waals surface area contributed by atoms with Gasteiger partial charge in [0.15, 0.2) is 5.16 Å².